The lowest BCUT2D eigenvalue weighted by atomic mass is 9.71. The minimum Gasteiger partial charge on any atom is -0.481 e. The molecular weight excluding hydrogens is 514 g/mol. The van der Waals surface area contributed by atoms with Gasteiger partial charge in [0.15, 0.2) is 0 Å². The molecule has 1 unspecified atom stereocenters. The fourth-order valence-electron chi connectivity index (χ4n) is 4.61. The van der Waals surface area contributed by atoms with E-state index >= 15 is 4.39 Å². The smallest absolute Gasteiger partial charge is 0.217 e. The van der Waals surface area contributed by atoms with Crippen LogP contribution in [0, 0.1) is 11.6 Å². The van der Waals surface area contributed by atoms with Crippen LogP contribution in [-0.4, -0.2) is 30.3 Å². The van der Waals surface area contributed by atoms with Gasteiger partial charge < -0.3 is 15.2 Å². The Kier molecular flexibility index (Phi) is 7.79. The van der Waals surface area contributed by atoms with Crippen molar-refractivity contribution >= 4 is 26.8 Å². The fraction of sp³-hybridized carbons (Fsp3) is 0.250. The maximum absolute atomic E-state index is 15.3. The van der Waals surface area contributed by atoms with E-state index in [2.05, 4.69) is 21.2 Å². The molecule has 0 saturated carbocycles. The Labute approximate surface area is 212 Å². The number of pyridine rings is 1. The summed E-state index contributed by atoms with van der Waals surface area (Å²) in [5.41, 5.74) is 0.360. The third-order valence-electron chi connectivity index (χ3n) is 6.21. The lowest BCUT2D eigenvalue weighted by Crippen LogP contribution is -2.38. The molecule has 2 N–H and O–H groups in total. The van der Waals surface area contributed by atoms with E-state index in [1.165, 1.54) is 19.2 Å². The molecule has 0 aliphatic heterocycles. The Morgan fingerprint density at radius 2 is 1.83 bits per heavy atom. The van der Waals surface area contributed by atoms with Crippen molar-refractivity contribution in [2.75, 3.05) is 20.2 Å². The zero-order valence-electron chi connectivity index (χ0n) is 19.6. The van der Waals surface area contributed by atoms with E-state index in [0.717, 1.165) is 27.0 Å². The van der Waals surface area contributed by atoms with Crippen LogP contribution in [0.5, 0.6) is 5.88 Å². The van der Waals surface area contributed by atoms with Crippen LogP contribution in [0.2, 0.25) is 0 Å². The van der Waals surface area contributed by atoms with Crippen LogP contribution in [0.1, 0.15) is 36.0 Å². The summed E-state index contributed by atoms with van der Waals surface area (Å²) in [6.45, 7) is 3.06. The number of methoxy groups -OCH3 is 1. The van der Waals surface area contributed by atoms with Gasteiger partial charge in [0.1, 0.15) is 17.2 Å². The number of benzene rings is 3. The van der Waals surface area contributed by atoms with Crippen LogP contribution in [0.3, 0.4) is 0 Å². The standard InChI is InChI=1S/C28H27BrF2N2O2/c1-3-32-14-13-28(34,23-11-10-21(30)17-24(23)31)26(18-7-5-4-6-8-18)22-16-19-15-20(29)9-12-25(19)33-27(22)35-2/h4-12,15-17,26,32,34H,3,13-14H2,1-2H3/t26?,28-/m0/s1. The topological polar surface area (TPSA) is 54.4 Å². The van der Waals surface area contributed by atoms with E-state index in [-0.39, 0.29) is 12.0 Å². The van der Waals surface area contributed by atoms with Crippen LogP contribution in [0.4, 0.5) is 8.78 Å². The van der Waals surface area contributed by atoms with Crippen molar-refractivity contribution < 1.29 is 18.6 Å². The minimum atomic E-state index is -1.74. The zero-order chi connectivity index (χ0) is 25.0. The minimum absolute atomic E-state index is 0.0158. The second-order valence-electron chi connectivity index (χ2n) is 8.42. The summed E-state index contributed by atoms with van der Waals surface area (Å²) in [5, 5.41) is 16.5. The lowest BCUT2D eigenvalue weighted by molar-refractivity contribution is 0.00668. The molecule has 0 radical (unpaired) electrons. The summed E-state index contributed by atoms with van der Waals surface area (Å²) in [6, 6.07) is 20.3. The molecule has 0 amide bonds. The van der Waals surface area contributed by atoms with E-state index in [4.69, 9.17) is 9.72 Å². The summed E-state index contributed by atoms with van der Waals surface area (Å²) >= 11 is 3.51. The van der Waals surface area contributed by atoms with Gasteiger partial charge in [-0.15, -0.1) is 0 Å². The molecule has 0 bridgehead atoms. The molecule has 182 valence electrons. The molecule has 0 fully saturated rings. The van der Waals surface area contributed by atoms with Gasteiger partial charge in [-0.2, -0.15) is 0 Å². The van der Waals surface area contributed by atoms with Crippen molar-refractivity contribution in [2.45, 2.75) is 24.9 Å². The van der Waals surface area contributed by atoms with Crippen LogP contribution in [-0.2, 0) is 5.60 Å². The number of ether oxygens (including phenoxy) is 1. The van der Waals surface area contributed by atoms with E-state index in [1.807, 2.05) is 61.5 Å². The van der Waals surface area contributed by atoms with Crippen molar-refractivity contribution in [2.24, 2.45) is 0 Å². The molecule has 0 aliphatic carbocycles. The molecule has 35 heavy (non-hydrogen) atoms. The molecule has 2 atom stereocenters. The molecule has 4 aromatic rings. The first-order chi connectivity index (χ1) is 16.9. The first-order valence-electron chi connectivity index (χ1n) is 11.4. The van der Waals surface area contributed by atoms with Crippen LogP contribution in [0.15, 0.2) is 77.3 Å². The second kappa shape index (κ2) is 10.8. The van der Waals surface area contributed by atoms with Crippen molar-refractivity contribution in [3.63, 3.8) is 0 Å². The Morgan fingerprint density at radius 1 is 1.06 bits per heavy atom. The molecule has 0 spiro atoms. The predicted octanol–water partition coefficient (Wildman–Crippen LogP) is 6.30. The summed E-state index contributed by atoms with van der Waals surface area (Å²) in [7, 11) is 1.52. The van der Waals surface area contributed by atoms with Gasteiger partial charge in [0.2, 0.25) is 5.88 Å². The second-order valence-corrected chi connectivity index (χ2v) is 9.34. The zero-order valence-corrected chi connectivity index (χ0v) is 21.1. The number of nitrogens with one attached hydrogen (secondary N) is 1. The first kappa shape index (κ1) is 25.2. The third kappa shape index (κ3) is 5.22. The number of nitrogens with zero attached hydrogens (tertiary/aromatic N) is 1. The SMILES string of the molecule is CCNCC[C@](O)(c1ccc(F)cc1F)C(c1ccccc1)c1cc2cc(Br)ccc2nc1OC. The lowest BCUT2D eigenvalue weighted by Gasteiger charge is -2.38. The predicted molar refractivity (Wildman–Crippen MR) is 138 cm³/mol. The Morgan fingerprint density at radius 3 is 2.51 bits per heavy atom. The van der Waals surface area contributed by atoms with Gasteiger partial charge >= 0.3 is 0 Å². The van der Waals surface area contributed by atoms with Crippen LogP contribution in [0.25, 0.3) is 10.9 Å². The molecule has 4 nitrogen and oxygen atoms in total. The molecule has 0 saturated heterocycles. The number of hydrogen-bond acceptors (Lipinski definition) is 4. The summed E-state index contributed by atoms with van der Waals surface area (Å²) < 4.78 is 35.7. The summed E-state index contributed by atoms with van der Waals surface area (Å²) in [4.78, 5) is 4.70. The molecule has 4 rings (SSSR count). The monoisotopic (exact) mass is 540 g/mol. The number of hydrogen-bond donors (Lipinski definition) is 2. The number of fused-ring (bicyclic) bond motifs is 1. The molecule has 3 aromatic carbocycles. The quantitative estimate of drug-likeness (QED) is 0.244. The maximum atomic E-state index is 15.3. The van der Waals surface area contributed by atoms with E-state index in [1.54, 1.807) is 0 Å². The van der Waals surface area contributed by atoms with Crippen LogP contribution >= 0.6 is 15.9 Å². The molecule has 1 heterocycles. The Balaban J connectivity index is 2.02. The van der Waals surface area contributed by atoms with Crippen molar-refractivity contribution in [1.82, 2.24) is 10.3 Å². The van der Waals surface area contributed by atoms with Crippen LogP contribution < -0.4 is 10.1 Å². The first-order valence-corrected chi connectivity index (χ1v) is 12.2. The maximum Gasteiger partial charge on any atom is 0.217 e. The average molecular weight is 541 g/mol. The van der Waals surface area contributed by atoms with Crippen molar-refractivity contribution in [3.05, 3.63) is 106 Å². The number of halogens is 3. The van der Waals surface area contributed by atoms with Gasteiger partial charge in [0, 0.05) is 33.0 Å². The molecule has 1 aromatic heterocycles. The van der Waals surface area contributed by atoms with Gasteiger partial charge in [0.05, 0.1) is 12.6 Å². The van der Waals surface area contributed by atoms with Gasteiger partial charge in [-0.1, -0.05) is 59.3 Å². The molecule has 7 heteroatoms. The van der Waals surface area contributed by atoms with E-state index < -0.39 is 23.2 Å². The molecule has 0 aliphatic rings. The highest BCUT2D eigenvalue weighted by Crippen LogP contribution is 2.48. The highest BCUT2D eigenvalue weighted by atomic mass is 79.9. The van der Waals surface area contributed by atoms with Gasteiger partial charge in [-0.3, -0.25) is 0 Å². The van der Waals surface area contributed by atoms with Crippen molar-refractivity contribution in [3.8, 4) is 5.88 Å². The number of aromatic nitrogens is 1. The highest BCUT2D eigenvalue weighted by Gasteiger charge is 2.43. The number of aliphatic hydroxyl groups is 1. The molecular formula is C28H27BrF2N2O2. The van der Waals surface area contributed by atoms with E-state index in [0.29, 0.717) is 24.5 Å². The highest BCUT2D eigenvalue weighted by molar-refractivity contribution is 9.10. The fourth-order valence-corrected chi connectivity index (χ4v) is 4.98. The Hall–Kier alpha value is -2.87. The number of rotatable bonds is 9. The van der Waals surface area contributed by atoms with Crippen molar-refractivity contribution in [1.29, 1.82) is 0 Å². The third-order valence-corrected chi connectivity index (χ3v) is 6.71. The normalized spacial score (nSPS) is 14.0. The summed E-state index contributed by atoms with van der Waals surface area (Å²) in [6.07, 6.45) is 0.169. The average Bonchev–Trinajstić information content (AvgIpc) is 2.84. The largest absolute Gasteiger partial charge is 0.481 e. The Bertz CT molecular complexity index is 1320. The van der Waals surface area contributed by atoms with Gasteiger partial charge in [-0.25, -0.2) is 13.8 Å². The van der Waals surface area contributed by atoms with E-state index in [9.17, 15) is 9.50 Å². The van der Waals surface area contributed by atoms with Gasteiger partial charge in [0.25, 0.3) is 0 Å². The van der Waals surface area contributed by atoms with Gasteiger partial charge in [-0.05, 0) is 55.4 Å². The summed E-state index contributed by atoms with van der Waals surface area (Å²) in [5.74, 6) is -1.93.